The fraction of sp³-hybridized carbons (Fsp3) is 0.333. The Morgan fingerprint density at radius 2 is 1.78 bits per heavy atom. The Hall–Kier alpha value is -2.86. The van der Waals surface area contributed by atoms with E-state index in [0.29, 0.717) is 0 Å². The fourth-order valence-corrected chi connectivity index (χ4v) is 4.12. The van der Waals surface area contributed by atoms with Gasteiger partial charge in [-0.25, -0.2) is 5.01 Å². The van der Waals surface area contributed by atoms with Crippen molar-refractivity contribution in [3.8, 4) is 11.5 Å². The number of nitrogens with zero attached hydrogens (tertiary/aromatic N) is 2. The van der Waals surface area contributed by atoms with Crippen LogP contribution in [0.25, 0.3) is 0 Å². The molecule has 0 fully saturated rings. The first-order chi connectivity index (χ1) is 13.0. The molecule has 1 heterocycles. The number of rotatable bonds is 3. The normalized spacial score (nSPS) is 23.3. The number of amides is 1. The van der Waals surface area contributed by atoms with Gasteiger partial charge in [0.25, 0.3) is 0 Å². The van der Waals surface area contributed by atoms with Gasteiger partial charge in [-0.05, 0) is 41.8 Å². The first-order valence-electron chi connectivity index (χ1n) is 8.99. The van der Waals surface area contributed by atoms with E-state index in [-0.39, 0.29) is 23.9 Å². The Kier molecular flexibility index (Phi) is 4.36. The molecular formula is C21H23N3O3. The van der Waals surface area contributed by atoms with Crippen LogP contribution in [0.3, 0.4) is 0 Å². The summed E-state index contributed by atoms with van der Waals surface area (Å²) in [5.41, 5.74) is 10.4. The Morgan fingerprint density at radius 3 is 2.41 bits per heavy atom. The summed E-state index contributed by atoms with van der Waals surface area (Å²) < 4.78 is 10.6. The molecule has 0 unspecified atom stereocenters. The van der Waals surface area contributed by atoms with E-state index in [1.165, 1.54) is 0 Å². The average molecular weight is 365 g/mol. The Bertz CT molecular complexity index is 907. The smallest absolute Gasteiger partial charge is 0.240 e. The van der Waals surface area contributed by atoms with Gasteiger partial charge < -0.3 is 15.2 Å². The lowest BCUT2D eigenvalue weighted by molar-refractivity contribution is -0.131. The van der Waals surface area contributed by atoms with E-state index in [1.54, 1.807) is 26.2 Å². The highest BCUT2D eigenvalue weighted by atomic mass is 16.5. The van der Waals surface area contributed by atoms with Crippen LogP contribution in [-0.4, -0.2) is 30.8 Å². The number of hydrazone groups is 1. The van der Waals surface area contributed by atoms with E-state index in [2.05, 4.69) is 0 Å². The molecule has 2 aliphatic rings. The van der Waals surface area contributed by atoms with Gasteiger partial charge in [0.2, 0.25) is 5.91 Å². The maximum atomic E-state index is 12.4. The number of nitrogens with two attached hydrogens (primary N) is 1. The van der Waals surface area contributed by atoms with Crippen LogP contribution in [0.2, 0.25) is 0 Å². The van der Waals surface area contributed by atoms with E-state index >= 15 is 0 Å². The predicted octanol–water partition coefficient (Wildman–Crippen LogP) is 3.03. The maximum absolute atomic E-state index is 12.4. The zero-order chi connectivity index (χ0) is 19.1. The summed E-state index contributed by atoms with van der Waals surface area (Å²) in [4.78, 5) is 12.4. The number of carbonyl (C=O) groups excluding carboxylic acids is 1. The van der Waals surface area contributed by atoms with Gasteiger partial charge in [0.05, 0.1) is 26.0 Å². The molecule has 2 aromatic rings. The predicted molar refractivity (Wildman–Crippen MR) is 103 cm³/mol. The number of ether oxygens (including phenoxy) is 2. The SMILES string of the molecule is COc1ccc([C@H]2[C@H]3C[C@H](N)c4ccc(OC)cc4C3=NN2C(C)=O)cc1. The second-order valence-corrected chi connectivity index (χ2v) is 6.97. The minimum Gasteiger partial charge on any atom is -0.497 e. The standard InChI is InChI=1S/C21H23N3O3/c1-12(25)24-21(13-4-6-14(26-2)7-5-13)18-11-19(22)16-9-8-15(27-3)10-17(16)20(18)23-24/h4-10,18-19,21H,11,22H2,1-3H3/t18-,19-,21-/m0/s1. The molecule has 2 N–H and O–H groups in total. The molecule has 0 aromatic heterocycles. The summed E-state index contributed by atoms with van der Waals surface area (Å²) in [6.45, 7) is 1.55. The van der Waals surface area contributed by atoms with Gasteiger partial charge in [0, 0.05) is 24.4 Å². The Balaban J connectivity index is 1.81. The third-order valence-corrected chi connectivity index (χ3v) is 5.44. The molecule has 27 heavy (non-hydrogen) atoms. The summed E-state index contributed by atoms with van der Waals surface area (Å²) in [6.07, 6.45) is 0.735. The van der Waals surface area contributed by atoms with Crippen LogP contribution in [0.5, 0.6) is 11.5 Å². The van der Waals surface area contributed by atoms with Gasteiger partial charge in [-0.1, -0.05) is 18.2 Å². The van der Waals surface area contributed by atoms with E-state index in [1.807, 2.05) is 42.5 Å². The molecule has 6 nitrogen and oxygen atoms in total. The van der Waals surface area contributed by atoms with E-state index < -0.39 is 0 Å². The number of hydrogen-bond acceptors (Lipinski definition) is 5. The summed E-state index contributed by atoms with van der Waals surface area (Å²) in [6, 6.07) is 13.4. The molecule has 6 heteroatoms. The number of fused-ring (bicyclic) bond motifs is 3. The zero-order valence-corrected chi connectivity index (χ0v) is 15.7. The molecule has 0 saturated carbocycles. The Morgan fingerprint density at radius 1 is 1.11 bits per heavy atom. The highest BCUT2D eigenvalue weighted by molar-refractivity contribution is 6.07. The molecule has 0 saturated heterocycles. The summed E-state index contributed by atoms with van der Waals surface area (Å²) in [5.74, 6) is 1.49. The van der Waals surface area contributed by atoms with Crippen LogP contribution in [0.15, 0.2) is 47.6 Å². The number of methoxy groups -OCH3 is 2. The molecule has 1 aliphatic carbocycles. The lowest BCUT2D eigenvalue weighted by Crippen LogP contribution is -2.34. The molecule has 0 radical (unpaired) electrons. The maximum Gasteiger partial charge on any atom is 0.240 e. The van der Waals surface area contributed by atoms with Crippen molar-refractivity contribution in [2.24, 2.45) is 16.8 Å². The monoisotopic (exact) mass is 365 g/mol. The fourth-order valence-electron chi connectivity index (χ4n) is 4.12. The quantitative estimate of drug-likeness (QED) is 0.907. The average Bonchev–Trinajstić information content (AvgIpc) is 3.07. The summed E-state index contributed by atoms with van der Waals surface area (Å²) in [7, 11) is 3.28. The number of benzene rings is 2. The highest BCUT2D eigenvalue weighted by Crippen LogP contribution is 2.46. The van der Waals surface area contributed by atoms with Crippen molar-refractivity contribution in [2.75, 3.05) is 14.2 Å². The second kappa shape index (κ2) is 6.70. The van der Waals surface area contributed by atoms with Gasteiger partial charge in [-0.2, -0.15) is 5.10 Å². The summed E-state index contributed by atoms with van der Waals surface area (Å²) >= 11 is 0. The van der Waals surface area contributed by atoms with Crippen LogP contribution in [0, 0.1) is 5.92 Å². The molecule has 140 valence electrons. The van der Waals surface area contributed by atoms with E-state index in [9.17, 15) is 4.79 Å². The van der Waals surface area contributed by atoms with Gasteiger partial charge in [-0.15, -0.1) is 0 Å². The van der Waals surface area contributed by atoms with Crippen molar-refractivity contribution < 1.29 is 14.3 Å². The number of hydrogen-bond donors (Lipinski definition) is 1. The molecule has 4 rings (SSSR count). The van der Waals surface area contributed by atoms with Crippen molar-refractivity contribution in [1.82, 2.24) is 5.01 Å². The Labute approximate surface area is 158 Å². The molecule has 3 atom stereocenters. The molecule has 1 aliphatic heterocycles. The number of carbonyl (C=O) groups is 1. The minimum absolute atomic E-state index is 0.0388. The minimum atomic E-state index is -0.172. The third-order valence-electron chi connectivity index (χ3n) is 5.44. The van der Waals surface area contributed by atoms with E-state index in [4.69, 9.17) is 20.3 Å². The molecule has 2 aromatic carbocycles. The lowest BCUT2D eigenvalue weighted by atomic mass is 9.75. The van der Waals surface area contributed by atoms with Crippen molar-refractivity contribution in [3.63, 3.8) is 0 Å². The van der Waals surface area contributed by atoms with Gasteiger partial charge in [0.1, 0.15) is 11.5 Å². The highest BCUT2D eigenvalue weighted by Gasteiger charge is 2.45. The van der Waals surface area contributed by atoms with Gasteiger partial charge in [0.15, 0.2) is 0 Å². The van der Waals surface area contributed by atoms with Crippen molar-refractivity contribution >= 4 is 11.6 Å². The summed E-state index contributed by atoms with van der Waals surface area (Å²) in [5, 5.41) is 6.31. The second-order valence-electron chi connectivity index (χ2n) is 6.97. The van der Waals surface area contributed by atoms with Crippen molar-refractivity contribution in [3.05, 3.63) is 59.2 Å². The zero-order valence-electron chi connectivity index (χ0n) is 15.7. The van der Waals surface area contributed by atoms with Gasteiger partial charge >= 0.3 is 0 Å². The van der Waals surface area contributed by atoms with Crippen LogP contribution in [0.4, 0.5) is 0 Å². The topological polar surface area (TPSA) is 77.2 Å². The molecular weight excluding hydrogens is 342 g/mol. The van der Waals surface area contributed by atoms with Crippen LogP contribution in [0.1, 0.15) is 42.1 Å². The molecule has 0 bridgehead atoms. The third kappa shape index (κ3) is 2.86. The van der Waals surface area contributed by atoms with Crippen LogP contribution in [-0.2, 0) is 4.79 Å². The van der Waals surface area contributed by atoms with Gasteiger partial charge in [-0.3, -0.25) is 4.79 Å². The van der Waals surface area contributed by atoms with Crippen LogP contribution >= 0.6 is 0 Å². The molecule has 1 amide bonds. The van der Waals surface area contributed by atoms with Crippen LogP contribution < -0.4 is 15.2 Å². The molecule has 0 spiro atoms. The van der Waals surface area contributed by atoms with E-state index in [0.717, 1.165) is 40.3 Å². The lowest BCUT2D eigenvalue weighted by Gasteiger charge is -2.32. The van der Waals surface area contributed by atoms with Crippen molar-refractivity contribution in [1.29, 1.82) is 0 Å². The largest absolute Gasteiger partial charge is 0.497 e. The van der Waals surface area contributed by atoms with Crippen molar-refractivity contribution in [2.45, 2.75) is 25.4 Å². The first-order valence-corrected chi connectivity index (χ1v) is 8.99. The first kappa shape index (κ1) is 17.5.